The highest BCUT2D eigenvalue weighted by molar-refractivity contribution is 7.98. The first kappa shape index (κ1) is 32.3. The molecule has 4 atom stereocenters. The zero-order valence-corrected chi connectivity index (χ0v) is 21.1. The van der Waals surface area contributed by atoms with Gasteiger partial charge in [-0.2, -0.15) is 24.4 Å². The number of rotatable bonds is 18. The Morgan fingerprint density at radius 2 is 1.49 bits per heavy atom. The van der Waals surface area contributed by atoms with Gasteiger partial charge in [0, 0.05) is 18.7 Å². The Bertz CT molecular complexity index is 766. The van der Waals surface area contributed by atoms with Crippen LogP contribution < -0.4 is 33.2 Å². The molecule has 0 aliphatic heterocycles. The van der Waals surface area contributed by atoms with Gasteiger partial charge in [0.15, 0.2) is 5.96 Å². The number of hydrogen-bond acceptors (Lipinski definition) is 9. The maximum Gasteiger partial charge on any atom is 0.326 e. The number of thiol groups is 1. The molecular weight excluding hydrogens is 502 g/mol. The quantitative estimate of drug-likeness (QED) is 0.0381. The predicted molar refractivity (Wildman–Crippen MR) is 135 cm³/mol. The molecule has 0 rings (SSSR count). The monoisotopic (exact) mass is 537 g/mol. The van der Waals surface area contributed by atoms with Crippen LogP contribution in [0.5, 0.6) is 0 Å². The first-order valence-corrected chi connectivity index (χ1v) is 12.7. The maximum atomic E-state index is 12.9. The molecule has 200 valence electrons. The van der Waals surface area contributed by atoms with Crippen molar-refractivity contribution < 1.29 is 34.2 Å². The second-order valence-electron chi connectivity index (χ2n) is 7.47. The molecule has 35 heavy (non-hydrogen) atoms. The van der Waals surface area contributed by atoms with Gasteiger partial charge in [-0.15, -0.1) is 0 Å². The normalized spacial score (nSPS) is 14.0. The average molecular weight is 538 g/mol. The fourth-order valence-corrected chi connectivity index (χ4v) is 3.44. The van der Waals surface area contributed by atoms with Crippen LogP contribution >= 0.6 is 24.4 Å². The number of carboxylic acid groups (broad SMARTS) is 2. The predicted octanol–water partition coefficient (Wildman–Crippen LogP) is -2.55. The van der Waals surface area contributed by atoms with Gasteiger partial charge >= 0.3 is 11.9 Å². The molecule has 0 saturated carbocycles. The smallest absolute Gasteiger partial charge is 0.326 e. The fourth-order valence-electron chi connectivity index (χ4n) is 2.69. The Labute approximate surface area is 213 Å². The summed E-state index contributed by atoms with van der Waals surface area (Å²) in [6.07, 6.45) is 1.88. The number of aliphatic imine (C=N–C) groups is 1. The summed E-state index contributed by atoms with van der Waals surface area (Å²) in [5.74, 6) is -4.45. The molecule has 14 nitrogen and oxygen atoms in total. The highest BCUT2D eigenvalue weighted by Gasteiger charge is 2.29. The molecule has 4 unspecified atom stereocenters. The van der Waals surface area contributed by atoms with Crippen LogP contribution in [0.25, 0.3) is 0 Å². The SMILES string of the molecule is CSCCC(N)C(=O)NC(CCCN=C(N)N)C(=O)NC(CS)C(=O)NC(CCC(=O)O)C(=O)O. The third-order valence-electron chi connectivity index (χ3n) is 4.63. The van der Waals surface area contributed by atoms with E-state index in [1.807, 2.05) is 6.26 Å². The van der Waals surface area contributed by atoms with Crippen LogP contribution in [0.4, 0.5) is 0 Å². The molecule has 0 heterocycles. The lowest BCUT2D eigenvalue weighted by Crippen LogP contribution is -2.57. The fraction of sp³-hybridized carbons (Fsp3) is 0.684. The number of nitrogens with zero attached hydrogens (tertiary/aromatic N) is 1. The summed E-state index contributed by atoms with van der Waals surface area (Å²) in [5, 5.41) is 25.2. The minimum atomic E-state index is -1.47. The van der Waals surface area contributed by atoms with E-state index in [0.717, 1.165) is 0 Å². The van der Waals surface area contributed by atoms with E-state index in [1.165, 1.54) is 11.8 Å². The van der Waals surface area contributed by atoms with E-state index in [1.54, 1.807) is 0 Å². The number of nitrogens with two attached hydrogens (primary N) is 3. The van der Waals surface area contributed by atoms with Crippen molar-refractivity contribution in [2.45, 2.75) is 56.3 Å². The number of guanidine groups is 1. The second kappa shape index (κ2) is 17.7. The molecule has 0 aliphatic carbocycles. The first-order valence-electron chi connectivity index (χ1n) is 10.7. The molecule has 0 fully saturated rings. The van der Waals surface area contributed by atoms with Crippen LogP contribution in [-0.2, 0) is 24.0 Å². The van der Waals surface area contributed by atoms with Gasteiger partial charge in [0.05, 0.1) is 6.04 Å². The third-order valence-corrected chi connectivity index (χ3v) is 5.63. The topological polar surface area (TPSA) is 252 Å². The van der Waals surface area contributed by atoms with E-state index in [4.69, 9.17) is 22.3 Å². The standard InChI is InChI=1S/C19H35N7O7S2/c1-35-8-6-10(20)15(29)24-11(3-2-7-23-19(21)22)16(30)26-13(9-34)17(31)25-12(18(32)33)4-5-14(27)28/h10-13,34H,2-9,20H2,1H3,(H,24,29)(H,25,31)(H,26,30)(H,27,28)(H,32,33)(H4,21,22,23). The Hall–Kier alpha value is -2.72. The van der Waals surface area contributed by atoms with Crippen molar-refractivity contribution in [2.24, 2.45) is 22.2 Å². The Kier molecular flexibility index (Phi) is 16.3. The van der Waals surface area contributed by atoms with Crippen LogP contribution in [0.3, 0.4) is 0 Å². The zero-order valence-electron chi connectivity index (χ0n) is 19.4. The van der Waals surface area contributed by atoms with Crippen LogP contribution in [0, 0.1) is 0 Å². The van der Waals surface area contributed by atoms with Crippen LogP contribution in [0.15, 0.2) is 4.99 Å². The van der Waals surface area contributed by atoms with E-state index in [9.17, 15) is 29.1 Å². The van der Waals surface area contributed by atoms with Gasteiger partial charge in [-0.05, 0) is 37.7 Å². The maximum absolute atomic E-state index is 12.9. The van der Waals surface area contributed by atoms with Gasteiger partial charge in [0.1, 0.15) is 18.1 Å². The van der Waals surface area contributed by atoms with Crippen LogP contribution in [0.1, 0.15) is 32.1 Å². The van der Waals surface area contributed by atoms with E-state index in [-0.39, 0.29) is 31.1 Å². The molecular formula is C19H35N7O7S2. The lowest BCUT2D eigenvalue weighted by molar-refractivity contribution is -0.143. The summed E-state index contributed by atoms with van der Waals surface area (Å²) >= 11 is 5.55. The van der Waals surface area contributed by atoms with E-state index < -0.39 is 60.2 Å². The molecule has 0 bridgehead atoms. The first-order chi connectivity index (χ1) is 16.4. The van der Waals surface area contributed by atoms with Crippen molar-refractivity contribution >= 4 is 60.0 Å². The molecule has 0 aromatic heterocycles. The largest absolute Gasteiger partial charge is 0.481 e. The second-order valence-corrected chi connectivity index (χ2v) is 8.82. The number of hydrogen-bond donors (Lipinski definition) is 9. The third kappa shape index (κ3) is 14.3. The summed E-state index contributed by atoms with van der Waals surface area (Å²) in [7, 11) is 0. The summed E-state index contributed by atoms with van der Waals surface area (Å²) < 4.78 is 0. The number of nitrogens with one attached hydrogen (secondary N) is 3. The zero-order chi connectivity index (χ0) is 27.0. The molecule has 0 spiro atoms. The number of thioether (sulfide) groups is 1. The summed E-state index contributed by atoms with van der Waals surface area (Å²) in [6.45, 7) is 0.195. The molecule has 3 amide bonds. The number of amides is 3. The molecule has 0 saturated heterocycles. The number of carboxylic acids is 2. The van der Waals surface area contributed by atoms with Gasteiger partial charge in [0.2, 0.25) is 17.7 Å². The van der Waals surface area contributed by atoms with Gasteiger partial charge in [-0.25, -0.2) is 4.79 Å². The average Bonchev–Trinajstić information content (AvgIpc) is 2.79. The number of aliphatic carboxylic acids is 2. The Morgan fingerprint density at radius 3 is 2.00 bits per heavy atom. The number of carbonyl (C=O) groups is 5. The van der Waals surface area contributed by atoms with E-state index >= 15 is 0 Å². The minimum absolute atomic E-state index is 0.126. The Balaban J connectivity index is 5.32. The minimum Gasteiger partial charge on any atom is -0.481 e. The highest BCUT2D eigenvalue weighted by atomic mass is 32.2. The molecule has 0 radical (unpaired) electrons. The van der Waals surface area contributed by atoms with Gasteiger partial charge < -0.3 is 43.4 Å². The summed E-state index contributed by atoms with van der Waals surface area (Å²) in [4.78, 5) is 63.7. The van der Waals surface area contributed by atoms with Gasteiger partial charge in [-0.3, -0.25) is 24.2 Å². The van der Waals surface area contributed by atoms with Gasteiger partial charge in [-0.1, -0.05) is 0 Å². The lowest BCUT2D eigenvalue weighted by atomic mass is 10.1. The van der Waals surface area contributed by atoms with Crippen molar-refractivity contribution in [3.8, 4) is 0 Å². The molecule has 0 aliphatic rings. The Morgan fingerprint density at radius 1 is 0.914 bits per heavy atom. The van der Waals surface area contributed by atoms with E-state index in [2.05, 4.69) is 33.6 Å². The lowest BCUT2D eigenvalue weighted by Gasteiger charge is -2.24. The molecule has 11 N–H and O–H groups in total. The van der Waals surface area contributed by atoms with Crippen molar-refractivity contribution in [1.29, 1.82) is 0 Å². The molecule has 0 aromatic rings. The van der Waals surface area contributed by atoms with Crippen molar-refractivity contribution in [3.05, 3.63) is 0 Å². The summed E-state index contributed by atoms with van der Waals surface area (Å²) in [5.41, 5.74) is 16.4. The number of carbonyl (C=O) groups excluding carboxylic acids is 3. The van der Waals surface area contributed by atoms with E-state index in [0.29, 0.717) is 18.6 Å². The van der Waals surface area contributed by atoms with Crippen molar-refractivity contribution in [3.63, 3.8) is 0 Å². The van der Waals surface area contributed by atoms with Crippen LogP contribution in [0.2, 0.25) is 0 Å². The van der Waals surface area contributed by atoms with Crippen LogP contribution in [-0.4, -0.2) is 94.3 Å². The van der Waals surface area contributed by atoms with Crippen molar-refractivity contribution in [1.82, 2.24) is 16.0 Å². The molecule has 16 heteroatoms. The highest BCUT2D eigenvalue weighted by Crippen LogP contribution is 2.05. The molecule has 0 aromatic carbocycles. The van der Waals surface area contributed by atoms with Crippen molar-refractivity contribution in [2.75, 3.05) is 24.3 Å². The van der Waals surface area contributed by atoms with Gasteiger partial charge in [0.25, 0.3) is 0 Å². The summed E-state index contributed by atoms with van der Waals surface area (Å²) in [6, 6.07) is -4.64.